The van der Waals surface area contributed by atoms with E-state index in [0.29, 0.717) is 48.4 Å². The fourth-order valence-corrected chi connectivity index (χ4v) is 3.28. The van der Waals surface area contributed by atoms with Crippen LogP contribution in [0, 0.1) is 6.92 Å². The first kappa shape index (κ1) is 25.0. The summed E-state index contributed by atoms with van der Waals surface area (Å²) in [5.74, 6) is 1.39. The van der Waals surface area contributed by atoms with Crippen molar-refractivity contribution in [3.63, 3.8) is 0 Å². The molecule has 0 bridgehead atoms. The molecular formula is C26H30N2O6. The van der Waals surface area contributed by atoms with Gasteiger partial charge in [-0.05, 0) is 50.6 Å². The summed E-state index contributed by atoms with van der Waals surface area (Å²) >= 11 is 0. The van der Waals surface area contributed by atoms with Crippen LogP contribution < -0.4 is 4.74 Å². The molecule has 0 amide bonds. The van der Waals surface area contributed by atoms with Gasteiger partial charge in [0.2, 0.25) is 5.89 Å². The Morgan fingerprint density at radius 1 is 1.06 bits per heavy atom. The van der Waals surface area contributed by atoms with E-state index in [-0.39, 0.29) is 6.61 Å². The summed E-state index contributed by atoms with van der Waals surface area (Å²) in [4.78, 5) is 21.8. The lowest BCUT2D eigenvalue weighted by molar-refractivity contribution is -0.153. The number of nitrogens with zero attached hydrogens (tertiary/aromatic N) is 2. The van der Waals surface area contributed by atoms with Gasteiger partial charge >= 0.3 is 5.97 Å². The van der Waals surface area contributed by atoms with E-state index < -0.39 is 12.1 Å². The lowest BCUT2D eigenvalue weighted by Gasteiger charge is -2.15. The van der Waals surface area contributed by atoms with E-state index in [1.54, 1.807) is 0 Å². The van der Waals surface area contributed by atoms with Crippen LogP contribution in [-0.2, 0) is 25.5 Å². The van der Waals surface area contributed by atoms with E-state index in [2.05, 4.69) is 10.1 Å². The molecule has 1 unspecified atom stereocenters. The first-order valence-electron chi connectivity index (χ1n) is 11.2. The highest BCUT2D eigenvalue weighted by Crippen LogP contribution is 2.22. The third kappa shape index (κ3) is 6.68. The zero-order valence-corrected chi connectivity index (χ0v) is 19.9. The minimum Gasteiger partial charge on any atom is -0.487 e. The lowest BCUT2D eigenvalue weighted by Crippen LogP contribution is -2.28. The van der Waals surface area contributed by atoms with E-state index in [1.165, 1.54) is 7.11 Å². The first-order valence-corrected chi connectivity index (χ1v) is 11.2. The molecule has 0 saturated heterocycles. The molecule has 8 heteroatoms. The second kappa shape index (κ2) is 12.6. The molecule has 0 aliphatic heterocycles. The molecule has 3 rings (SSSR count). The van der Waals surface area contributed by atoms with Crippen molar-refractivity contribution in [3.05, 3.63) is 71.6 Å². The number of benzene rings is 2. The van der Waals surface area contributed by atoms with E-state index in [1.807, 2.05) is 75.4 Å². The van der Waals surface area contributed by atoms with E-state index in [9.17, 15) is 4.79 Å². The topological polar surface area (TPSA) is 92.4 Å². The van der Waals surface area contributed by atoms with Crippen molar-refractivity contribution >= 4 is 11.7 Å². The lowest BCUT2D eigenvalue weighted by atomic mass is 10.1. The summed E-state index contributed by atoms with van der Waals surface area (Å²) in [6.07, 6.45) is -0.223. The van der Waals surface area contributed by atoms with Crippen LogP contribution in [0.3, 0.4) is 0 Å². The Morgan fingerprint density at radius 3 is 2.44 bits per heavy atom. The number of oxazole rings is 1. The maximum Gasteiger partial charge on any atom is 0.335 e. The fraction of sp³-hybridized carbons (Fsp3) is 0.346. The summed E-state index contributed by atoms with van der Waals surface area (Å²) < 4.78 is 22.1. The molecule has 8 nitrogen and oxygen atoms in total. The van der Waals surface area contributed by atoms with Crippen molar-refractivity contribution in [2.75, 3.05) is 26.9 Å². The van der Waals surface area contributed by atoms with Gasteiger partial charge in [-0.2, -0.15) is 0 Å². The van der Waals surface area contributed by atoms with Crippen molar-refractivity contribution in [3.8, 4) is 17.2 Å². The molecule has 0 saturated carbocycles. The quantitative estimate of drug-likeness (QED) is 0.219. The van der Waals surface area contributed by atoms with Crippen LogP contribution in [0.25, 0.3) is 11.5 Å². The normalized spacial score (nSPS) is 12.3. The summed E-state index contributed by atoms with van der Waals surface area (Å²) in [5.41, 5.74) is 2.92. The second-order valence-corrected chi connectivity index (χ2v) is 7.35. The van der Waals surface area contributed by atoms with Gasteiger partial charge in [0.25, 0.3) is 0 Å². The molecule has 2 aromatic carbocycles. The molecule has 1 heterocycles. The minimum atomic E-state index is -0.638. The van der Waals surface area contributed by atoms with E-state index in [4.69, 9.17) is 23.5 Å². The van der Waals surface area contributed by atoms with Gasteiger partial charge in [0, 0.05) is 18.6 Å². The van der Waals surface area contributed by atoms with Gasteiger partial charge in [-0.15, -0.1) is 0 Å². The maximum atomic E-state index is 11.9. The number of aryl methyl sites for hydroxylation is 1. The van der Waals surface area contributed by atoms with Gasteiger partial charge in [-0.25, -0.2) is 9.78 Å². The molecule has 3 aromatic rings. The Labute approximate surface area is 199 Å². The molecule has 34 heavy (non-hydrogen) atoms. The highest BCUT2D eigenvalue weighted by molar-refractivity contribution is 6.00. The number of rotatable bonds is 12. The van der Waals surface area contributed by atoms with Crippen LogP contribution in [0.15, 0.2) is 64.2 Å². The van der Waals surface area contributed by atoms with Crippen LogP contribution in [0.1, 0.15) is 30.9 Å². The number of oxime groups is 1. The SMILES string of the molecule is CCON=C(COc1ccc(CC(OCC)C(=O)OC)cc1)c1nc(-c2ccccc2)oc1C. The van der Waals surface area contributed by atoms with Gasteiger partial charge in [0.05, 0.1) is 7.11 Å². The predicted octanol–water partition coefficient (Wildman–Crippen LogP) is 4.59. The third-order valence-corrected chi connectivity index (χ3v) is 4.95. The van der Waals surface area contributed by atoms with Gasteiger partial charge in [0.1, 0.15) is 36.1 Å². The summed E-state index contributed by atoms with van der Waals surface area (Å²) in [6.45, 7) is 6.52. The Hall–Kier alpha value is -3.65. The predicted molar refractivity (Wildman–Crippen MR) is 128 cm³/mol. The Balaban J connectivity index is 1.70. The smallest absolute Gasteiger partial charge is 0.335 e. The standard InChI is InChI=1S/C26H30N2O6/c1-5-31-23(26(29)30-4)16-19-12-14-21(15-13-19)32-17-22(28-33-6-2)24-18(3)34-25(27-24)20-10-8-7-9-11-20/h7-15,23H,5-6,16-17H2,1-4H3. The number of hydrogen-bond acceptors (Lipinski definition) is 8. The van der Waals surface area contributed by atoms with Gasteiger partial charge in [-0.3, -0.25) is 0 Å². The van der Waals surface area contributed by atoms with Gasteiger partial charge in [-0.1, -0.05) is 35.5 Å². The average molecular weight is 467 g/mol. The van der Waals surface area contributed by atoms with Crippen LogP contribution in [-0.4, -0.2) is 49.7 Å². The fourth-order valence-electron chi connectivity index (χ4n) is 3.28. The first-order chi connectivity index (χ1) is 16.5. The Bertz CT molecular complexity index is 1080. The Morgan fingerprint density at radius 2 is 1.79 bits per heavy atom. The summed E-state index contributed by atoms with van der Waals surface area (Å²) in [5, 5.41) is 4.20. The minimum absolute atomic E-state index is 0.144. The van der Waals surface area contributed by atoms with Crippen molar-refractivity contribution in [1.82, 2.24) is 4.98 Å². The van der Waals surface area contributed by atoms with Crippen molar-refractivity contribution in [1.29, 1.82) is 0 Å². The largest absolute Gasteiger partial charge is 0.487 e. The Kier molecular flexibility index (Phi) is 9.22. The van der Waals surface area contributed by atoms with Gasteiger partial charge in [0.15, 0.2) is 6.10 Å². The van der Waals surface area contributed by atoms with Crippen LogP contribution in [0.4, 0.5) is 0 Å². The molecule has 0 aliphatic carbocycles. The molecule has 0 fully saturated rings. The van der Waals surface area contributed by atoms with Crippen LogP contribution >= 0.6 is 0 Å². The molecular weight excluding hydrogens is 436 g/mol. The van der Waals surface area contributed by atoms with Crippen molar-refractivity contribution < 1.29 is 28.3 Å². The highest BCUT2D eigenvalue weighted by atomic mass is 16.6. The van der Waals surface area contributed by atoms with E-state index >= 15 is 0 Å². The monoisotopic (exact) mass is 466 g/mol. The van der Waals surface area contributed by atoms with Crippen LogP contribution in [0.5, 0.6) is 5.75 Å². The number of esters is 1. The van der Waals surface area contributed by atoms with Crippen LogP contribution in [0.2, 0.25) is 0 Å². The number of aromatic nitrogens is 1. The molecule has 0 spiro atoms. The molecule has 1 atom stereocenters. The maximum absolute atomic E-state index is 11.9. The second-order valence-electron chi connectivity index (χ2n) is 7.35. The molecule has 0 aliphatic rings. The summed E-state index contributed by atoms with van der Waals surface area (Å²) in [7, 11) is 1.35. The number of ether oxygens (including phenoxy) is 3. The third-order valence-electron chi connectivity index (χ3n) is 4.95. The van der Waals surface area contributed by atoms with E-state index in [0.717, 1.165) is 11.1 Å². The zero-order valence-electron chi connectivity index (χ0n) is 19.9. The zero-order chi connectivity index (χ0) is 24.3. The van der Waals surface area contributed by atoms with Gasteiger partial charge < -0.3 is 23.5 Å². The molecule has 0 radical (unpaired) electrons. The molecule has 1 aromatic heterocycles. The van der Waals surface area contributed by atoms with Crippen molar-refractivity contribution in [2.24, 2.45) is 5.16 Å². The number of carbonyl (C=O) groups excluding carboxylic acids is 1. The molecule has 0 N–H and O–H groups in total. The van der Waals surface area contributed by atoms with Crippen molar-refractivity contribution in [2.45, 2.75) is 33.3 Å². The number of hydrogen-bond donors (Lipinski definition) is 0. The summed E-state index contributed by atoms with van der Waals surface area (Å²) in [6, 6.07) is 17.1. The molecule has 180 valence electrons. The number of methoxy groups -OCH3 is 1. The number of carbonyl (C=O) groups is 1. The average Bonchev–Trinajstić information content (AvgIpc) is 3.26. The highest BCUT2D eigenvalue weighted by Gasteiger charge is 2.20.